The van der Waals surface area contributed by atoms with E-state index in [0.29, 0.717) is 40.8 Å². The van der Waals surface area contributed by atoms with Gasteiger partial charge in [0.05, 0.1) is 0 Å². The number of Topliss-reactive ketones (excluding diaryl/α,β-unsaturated/α-hetero) is 1. The third-order valence-electron chi connectivity index (χ3n) is 6.53. The number of rotatable bonds is 11. The minimum atomic E-state index is -0.110. The fourth-order valence-corrected chi connectivity index (χ4v) is 4.44. The van der Waals surface area contributed by atoms with Gasteiger partial charge in [0.2, 0.25) is 0 Å². The molecular weight excluding hydrogens is 596 g/mol. The van der Waals surface area contributed by atoms with E-state index in [4.69, 9.17) is 0 Å². The molecule has 226 valence electrons. The number of nitrogens with zero attached hydrogens (tertiary/aromatic N) is 1. The van der Waals surface area contributed by atoms with Crippen LogP contribution in [0.5, 0.6) is 0 Å². The highest BCUT2D eigenvalue weighted by Gasteiger charge is 2.15. The monoisotopic (exact) mass is 640 g/mol. The molecule has 1 N–H and O–H groups in total. The van der Waals surface area contributed by atoms with Crippen LogP contribution < -0.4 is 5.32 Å². The third-order valence-corrected chi connectivity index (χ3v) is 7.05. The molecule has 0 aliphatic rings. The first kappa shape index (κ1) is 35.2. The number of halogens is 1. The van der Waals surface area contributed by atoms with Crippen LogP contribution in [0.2, 0.25) is 0 Å². The van der Waals surface area contributed by atoms with Crippen LogP contribution in [0.25, 0.3) is 10.9 Å². The summed E-state index contributed by atoms with van der Waals surface area (Å²) in [5, 5.41) is 4.04. The molecule has 43 heavy (non-hydrogen) atoms. The van der Waals surface area contributed by atoms with E-state index in [1.807, 2.05) is 54.6 Å². The van der Waals surface area contributed by atoms with Gasteiger partial charge < -0.3 is 9.88 Å². The molecule has 5 heteroatoms. The molecule has 1 aromatic heterocycles. The lowest BCUT2D eigenvalue weighted by atomic mass is 9.96. The predicted octanol–water partition coefficient (Wildman–Crippen LogP) is 9.93. The summed E-state index contributed by atoms with van der Waals surface area (Å²) in [5.74, 6) is -0.198. The molecule has 2 aromatic carbocycles. The van der Waals surface area contributed by atoms with Crippen LogP contribution in [0, 0.1) is 19.3 Å². The van der Waals surface area contributed by atoms with Gasteiger partial charge in [0.1, 0.15) is 0 Å². The molecular formula is C38H45BrN2O2. The summed E-state index contributed by atoms with van der Waals surface area (Å²) in [6.07, 6.45) is 6.93. The average Bonchev–Trinajstić information content (AvgIpc) is 3.16. The SMILES string of the molecule is C=C/C=C(\C(=C)C(=C)/C=C\C(=C)Cn1c(C)c(C)c2cc(C(=O)NCc3ccc(Br)cc3)ccc21)C(C)=O.CC(C)(C)C. The van der Waals surface area contributed by atoms with Gasteiger partial charge >= 0.3 is 0 Å². The number of aromatic nitrogens is 1. The van der Waals surface area contributed by atoms with Gasteiger partial charge in [-0.1, -0.05) is 106 Å². The molecule has 0 aliphatic heterocycles. The highest BCUT2D eigenvalue weighted by molar-refractivity contribution is 9.10. The molecule has 1 amide bonds. The zero-order valence-corrected chi connectivity index (χ0v) is 28.3. The second kappa shape index (κ2) is 15.5. The largest absolute Gasteiger partial charge is 0.348 e. The van der Waals surface area contributed by atoms with Crippen LogP contribution in [0.4, 0.5) is 0 Å². The predicted molar refractivity (Wildman–Crippen MR) is 187 cm³/mol. The van der Waals surface area contributed by atoms with Crippen molar-refractivity contribution in [1.29, 1.82) is 0 Å². The maximum absolute atomic E-state index is 12.8. The average molecular weight is 642 g/mol. The number of carbonyl (C=O) groups is 2. The second-order valence-electron chi connectivity index (χ2n) is 12.2. The number of ketones is 1. The molecule has 3 rings (SSSR count). The number of aryl methyl sites for hydroxylation is 1. The van der Waals surface area contributed by atoms with Crippen molar-refractivity contribution in [3.8, 4) is 0 Å². The Morgan fingerprint density at radius 3 is 2.14 bits per heavy atom. The zero-order chi connectivity index (χ0) is 32.5. The number of nitrogens with one attached hydrogen (secondary N) is 1. The van der Waals surface area contributed by atoms with Crippen molar-refractivity contribution < 1.29 is 9.59 Å². The molecule has 0 atom stereocenters. The van der Waals surface area contributed by atoms with Crippen molar-refractivity contribution in [2.75, 3.05) is 0 Å². The van der Waals surface area contributed by atoms with Gasteiger partial charge in [-0.3, -0.25) is 9.59 Å². The molecule has 3 aromatic rings. The highest BCUT2D eigenvalue weighted by atomic mass is 79.9. The van der Waals surface area contributed by atoms with Crippen molar-refractivity contribution >= 4 is 38.5 Å². The van der Waals surface area contributed by atoms with E-state index in [2.05, 4.69) is 93.7 Å². The lowest BCUT2D eigenvalue weighted by Crippen LogP contribution is -2.22. The molecule has 0 radical (unpaired) electrons. The molecule has 0 aliphatic carbocycles. The third kappa shape index (κ3) is 10.7. The van der Waals surface area contributed by atoms with E-state index < -0.39 is 0 Å². The van der Waals surface area contributed by atoms with Crippen LogP contribution in [0.15, 0.2) is 120 Å². The van der Waals surface area contributed by atoms with Gasteiger partial charge in [-0.05, 0) is 84.4 Å². The number of allylic oxidation sites excluding steroid dienone is 8. The Hall–Kier alpha value is -3.96. The van der Waals surface area contributed by atoms with E-state index in [-0.39, 0.29) is 11.7 Å². The molecule has 0 unspecified atom stereocenters. The number of benzene rings is 2. The lowest BCUT2D eigenvalue weighted by molar-refractivity contribution is -0.113. The molecule has 0 spiro atoms. The minimum absolute atomic E-state index is 0.0884. The Morgan fingerprint density at radius 2 is 1.58 bits per heavy atom. The first-order chi connectivity index (χ1) is 20.0. The smallest absolute Gasteiger partial charge is 0.251 e. The Balaban J connectivity index is 0.00000119. The fraction of sp³-hybridized carbons (Fsp3) is 0.263. The summed E-state index contributed by atoms with van der Waals surface area (Å²) >= 11 is 3.43. The number of hydrogen-bond acceptors (Lipinski definition) is 2. The first-order valence-corrected chi connectivity index (χ1v) is 15.0. The van der Waals surface area contributed by atoms with Crippen molar-refractivity contribution in [3.05, 3.63) is 142 Å². The van der Waals surface area contributed by atoms with E-state index in [9.17, 15) is 9.59 Å². The summed E-state index contributed by atoms with van der Waals surface area (Å²) in [4.78, 5) is 24.8. The fourth-order valence-electron chi connectivity index (χ4n) is 4.18. The number of hydrogen-bond donors (Lipinski definition) is 1. The number of carbonyl (C=O) groups excluding carboxylic acids is 2. The van der Waals surface area contributed by atoms with Gasteiger partial charge in [-0.2, -0.15) is 0 Å². The molecule has 0 saturated carbocycles. The number of amides is 1. The standard InChI is InChI=1S/C33H33BrN2O2.C5H12/c1-8-9-30(26(7)37)23(4)22(3)11-10-21(2)20-36-25(6)24(5)31-18-28(14-17-32(31)36)33(38)35-19-27-12-15-29(34)16-13-27;1-5(2,3)4/h8-18H,1-4,19-20H2,5-7H3,(H,35,38);1-4H3/b11-10-,30-9+;. The first-order valence-electron chi connectivity index (χ1n) is 14.2. The van der Waals surface area contributed by atoms with Crippen LogP contribution in [0.3, 0.4) is 0 Å². The van der Waals surface area contributed by atoms with E-state index in [0.717, 1.165) is 37.8 Å². The Bertz CT molecular complexity index is 1600. The van der Waals surface area contributed by atoms with Crippen LogP contribution in [-0.4, -0.2) is 16.3 Å². The van der Waals surface area contributed by atoms with Gasteiger partial charge in [0, 0.05) is 45.3 Å². The summed E-state index contributed by atoms with van der Waals surface area (Å²) in [6, 6.07) is 13.7. The van der Waals surface area contributed by atoms with Gasteiger partial charge in [0.15, 0.2) is 5.78 Å². The molecule has 0 bridgehead atoms. The molecule has 0 saturated heterocycles. The van der Waals surface area contributed by atoms with Gasteiger partial charge in [-0.15, -0.1) is 0 Å². The normalized spacial score (nSPS) is 11.6. The Morgan fingerprint density at radius 1 is 0.977 bits per heavy atom. The van der Waals surface area contributed by atoms with Crippen molar-refractivity contribution in [3.63, 3.8) is 0 Å². The van der Waals surface area contributed by atoms with Crippen LogP contribution in [0.1, 0.15) is 61.8 Å². The summed E-state index contributed by atoms with van der Waals surface area (Å²) < 4.78 is 3.20. The van der Waals surface area contributed by atoms with Crippen molar-refractivity contribution in [2.45, 2.75) is 61.6 Å². The summed E-state index contributed by atoms with van der Waals surface area (Å²) in [5.41, 5.74) is 7.98. The van der Waals surface area contributed by atoms with E-state index in [1.54, 1.807) is 12.2 Å². The van der Waals surface area contributed by atoms with Crippen LogP contribution in [-0.2, 0) is 17.9 Å². The lowest BCUT2D eigenvalue weighted by Gasteiger charge is -2.11. The topological polar surface area (TPSA) is 51.1 Å². The van der Waals surface area contributed by atoms with E-state index in [1.165, 1.54) is 6.92 Å². The zero-order valence-electron chi connectivity index (χ0n) is 26.7. The minimum Gasteiger partial charge on any atom is -0.348 e. The summed E-state index contributed by atoms with van der Waals surface area (Å²) in [6.45, 7) is 31.4. The van der Waals surface area contributed by atoms with Crippen molar-refractivity contribution in [2.24, 2.45) is 5.41 Å². The Labute approximate surface area is 266 Å². The van der Waals surface area contributed by atoms with Gasteiger partial charge in [-0.25, -0.2) is 0 Å². The van der Waals surface area contributed by atoms with Gasteiger partial charge in [0.25, 0.3) is 5.91 Å². The second-order valence-corrected chi connectivity index (χ2v) is 13.1. The Kier molecular flexibility index (Phi) is 12.7. The van der Waals surface area contributed by atoms with Crippen molar-refractivity contribution in [1.82, 2.24) is 9.88 Å². The quantitative estimate of drug-likeness (QED) is 0.167. The summed E-state index contributed by atoms with van der Waals surface area (Å²) in [7, 11) is 0. The molecule has 1 heterocycles. The highest BCUT2D eigenvalue weighted by Crippen LogP contribution is 2.28. The molecule has 4 nitrogen and oxygen atoms in total. The maximum Gasteiger partial charge on any atom is 0.251 e. The number of fused-ring (bicyclic) bond motifs is 1. The molecule has 0 fully saturated rings. The van der Waals surface area contributed by atoms with Crippen LogP contribution >= 0.6 is 15.9 Å². The van der Waals surface area contributed by atoms with E-state index >= 15 is 0 Å². The maximum atomic E-state index is 12.8.